The highest BCUT2D eigenvalue weighted by atomic mass is 16.5. The van der Waals surface area contributed by atoms with Crippen LogP contribution in [0.3, 0.4) is 0 Å². The average Bonchev–Trinajstić information content (AvgIpc) is 2.94. The van der Waals surface area contributed by atoms with E-state index in [1.165, 1.54) is 0 Å². The second-order valence-corrected chi connectivity index (χ2v) is 8.67. The van der Waals surface area contributed by atoms with Crippen LogP contribution in [0.2, 0.25) is 0 Å². The first-order valence-corrected chi connectivity index (χ1v) is 12.8. The van der Waals surface area contributed by atoms with Crippen LogP contribution in [-0.4, -0.2) is 63.1 Å². The fourth-order valence-corrected chi connectivity index (χ4v) is 4.23. The van der Waals surface area contributed by atoms with Crippen molar-refractivity contribution >= 4 is 17.3 Å². The molecule has 0 bridgehead atoms. The number of rotatable bonds is 9. The van der Waals surface area contributed by atoms with Crippen LogP contribution < -0.4 is 25.0 Å². The van der Waals surface area contributed by atoms with Crippen molar-refractivity contribution in [3.8, 4) is 17.2 Å². The molecule has 2 aliphatic rings. The minimum atomic E-state index is -0.951. The fourth-order valence-electron chi connectivity index (χ4n) is 4.23. The summed E-state index contributed by atoms with van der Waals surface area (Å²) in [5.74, 6) is 1.44. The van der Waals surface area contributed by atoms with Gasteiger partial charge in [0.2, 0.25) is 0 Å². The van der Waals surface area contributed by atoms with Gasteiger partial charge in [-0.25, -0.2) is 4.79 Å². The maximum absolute atomic E-state index is 11.3. The third-order valence-corrected chi connectivity index (χ3v) is 6.06. The van der Waals surface area contributed by atoms with Crippen LogP contribution >= 0.6 is 0 Å². The smallest absolute Gasteiger partial charge is 0.333 e. The third-order valence-electron chi connectivity index (χ3n) is 6.06. The highest BCUT2D eigenvalue weighted by Gasteiger charge is 2.23. The predicted octanol–water partition coefficient (Wildman–Crippen LogP) is 4.22. The van der Waals surface area contributed by atoms with Crippen LogP contribution in [0.25, 0.3) is 0 Å². The van der Waals surface area contributed by atoms with Crippen molar-refractivity contribution in [1.82, 2.24) is 10.6 Å². The van der Waals surface area contributed by atoms with Gasteiger partial charge in [0.25, 0.3) is 0 Å². The number of piperazine rings is 1. The van der Waals surface area contributed by atoms with E-state index in [9.17, 15) is 9.90 Å². The summed E-state index contributed by atoms with van der Waals surface area (Å²) < 4.78 is 17.3. The molecule has 2 aliphatic heterocycles. The summed E-state index contributed by atoms with van der Waals surface area (Å²) in [7, 11) is 0. The molecule has 2 heterocycles. The molecule has 1 atom stereocenters. The molecule has 0 amide bonds. The topological polar surface area (TPSA) is 92.3 Å². The number of carboxylic acid groups (broad SMARTS) is 1. The first-order valence-electron chi connectivity index (χ1n) is 12.8. The van der Waals surface area contributed by atoms with Crippen molar-refractivity contribution in [1.29, 1.82) is 0 Å². The van der Waals surface area contributed by atoms with E-state index >= 15 is 0 Å². The summed E-state index contributed by atoms with van der Waals surface area (Å²) in [5, 5.41) is 15.7. The number of nitrogens with zero attached hydrogens (tertiary/aromatic N) is 1. The number of benzene rings is 3. The predicted molar refractivity (Wildman–Crippen MR) is 144 cm³/mol. The first-order chi connectivity index (χ1) is 18.2. The Morgan fingerprint density at radius 2 is 1.49 bits per heavy atom. The van der Waals surface area contributed by atoms with Gasteiger partial charge >= 0.3 is 5.97 Å². The summed E-state index contributed by atoms with van der Waals surface area (Å²) in [6, 6.07) is 23.4. The summed E-state index contributed by atoms with van der Waals surface area (Å²) in [5.41, 5.74) is 2.91. The lowest BCUT2D eigenvalue weighted by Crippen LogP contribution is -2.39. The number of fused-ring (bicyclic) bond motifs is 2. The molecule has 3 N–H and O–H groups in total. The lowest BCUT2D eigenvalue weighted by atomic mass is 10.1. The number of aliphatic carboxylic acids is 1. The van der Waals surface area contributed by atoms with E-state index < -0.39 is 12.1 Å². The molecular weight excluding hydrogens is 470 g/mol. The van der Waals surface area contributed by atoms with Crippen molar-refractivity contribution in [2.45, 2.75) is 19.4 Å². The van der Waals surface area contributed by atoms with Crippen LogP contribution in [-0.2, 0) is 16.0 Å². The zero-order chi connectivity index (χ0) is 25.9. The van der Waals surface area contributed by atoms with E-state index in [2.05, 4.69) is 15.5 Å². The molecule has 0 saturated carbocycles. The third kappa shape index (κ3) is 7.45. The molecule has 0 aromatic heterocycles. The minimum Gasteiger partial charge on any atom is -0.492 e. The number of para-hydroxylation sites is 4. The summed E-state index contributed by atoms with van der Waals surface area (Å²) in [4.78, 5) is 13.5. The van der Waals surface area contributed by atoms with E-state index in [-0.39, 0.29) is 0 Å². The SMILES string of the molecule is C1CNCCN1.CCO[C@@H](Cc1ccc(OCCN2c3ccccc3Oc3ccccc32)cc1)C(=O)O. The van der Waals surface area contributed by atoms with Gasteiger partial charge in [-0.3, -0.25) is 0 Å². The Kier molecular flexibility index (Phi) is 9.76. The Morgan fingerprint density at radius 1 is 0.919 bits per heavy atom. The van der Waals surface area contributed by atoms with Crippen LogP contribution in [0.1, 0.15) is 12.5 Å². The van der Waals surface area contributed by atoms with Crippen molar-refractivity contribution in [2.24, 2.45) is 0 Å². The molecule has 8 heteroatoms. The van der Waals surface area contributed by atoms with E-state index in [0.29, 0.717) is 26.2 Å². The van der Waals surface area contributed by atoms with Gasteiger partial charge in [0, 0.05) is 39.2 Å². The zero-order valence-electron chi connectivity index (χ0n) is 21.2. The van der Waals surface area contributed by atoms with Crippen molar-refractivity contribution in [3.63, 3.8) is 0 Å². The zero-order valence-corrected chi connectivity index (χ0v) is 21.2. The highest BCUT2D eigenvalue weighted by Crippen LogP contribution is 2.45. The number of anilines is 2. The molecule has 0 radical (unpaired) electrons. The Morgan fingerprint density at radius 3 is 2.00 bits per heavy atom. The lowest BCUT2D eigenvalue weighted by Gasteiger charge is -2.32. The van der Waals surface area contributed by atoms with E-state index in [1.54, 1.807) is 6.92 Å². The molecule has 0 unspecified atom stereocenters. The van der Waals surface area contributed by atoms with Crippen LogP contribution in [0, 0.1) is 0 Å². The summed E-state index contributed by atoms with van der Waals surface area (Å²) in [6.45, 7) is 7.85. The molecule has 196 valence electrons. The Bertz CT molecular complexity index is 1080. The van der Waals surface area contributed by atoms with Gasteiger partial charge in [-0.2, -0.15) is 0 Å². The molecule has 8 nitrogen and oxygen atoms in total. The summed E-state index contributed by atoms with van der Waals surface area (Å²) in [6.07, 6.45) is -0.511. The van der Waals surface area contributed by atoms with Crippen molar-refractivity contribution in [2.75, 3.05) is 50.8 Å². The molecular formula is C29H35N3O5. The molecule has 3 aromatic carbocycles. The molecule has 37 heavy (non-hydrogen) atoms. The van der Waals surface area contributed by atoms with Gasteiger partial charge in [0.1, 0.15) is 12.4 Å². The molecule has 0 spiro atoms. The number of carbonyl (C=O) groups is 1. The summed E-state index contributed by atoms with van der Waals surface area (Å²) >= 11 is 0. The quantitative estimate of drug-likeness (QED) is 0.398. The lowest BCUT2D eigenvalue weighted by molar-refractivity contribution is -0.149. The van der Waals surface area contributed by atoms with Crippen LogP contribution in [0.4, 0.5) is 11.4 Å². The van der Waals surface area contributed by atoms with E-state index in [4.69, 9.17) is 14.2 Å². The van der Waals surface area contributed by atoms with Gasteiger partial charge in [-0.15, -0.1) is 0 Å². The van der Waals surface area contributed by atoms with Gasteiger partial charge < -0.3 is 34.9 Å². The molecule has 3 aromatic rings. The second-order valence-electron chi connectivity index (χ2n) is 8.67. The maximum atomic E-state index is 11.3. The average molecular weight is 506 g/mol. The number of hydrogen-bond donors (Lipinski definition) is 3. The van der Waals surface area contributed by atoms with Crippen molar-refractivity contribution in [3.05, 3.63) is 78.4 Å². The Hall–Kier alpha value is -3.59. The monoisotopic (exact) mass is 505 g/mol. The molecule has 0 aliphatic carbocycles. The van der Waals surface area contributed by atoms with E-state index in [1.807, 2.05) is 72.8 Å². The maximum Gasteiger partial charge on any atom is 0.333 e. The number of carboxylic acids is 1. The second kappa shape index (κ2) is 13.6. The molecule has 5 rings (SSSR count). The largest absolute Gasteiger partial charge is 0.492 e. The van der Waals surface area contributed by atoms with Gasteiger partial charge in [-0.1, -0.05) is 36.4 Å². The van der Waals surface area contributed by atoms with Crippen molar-refractivity contribution < 1.29 is 24.1 Å². The standard InChI is InChI=1S/C25H25NO5.C4H10N2/c1-2-29-24(25(27)28)17-18-11-13-19(14-12-18)30-16-15-26-20-7-3-5-9-22(20)31-23-10-6-4-8-21(23)26;1-2-6-4-3-5-1/h3-14,24H,2,15-17H2,1H3,(H,27,28);5-6H,1-4H2/t24-;/m0./s1. The number of ether oxygens (including phenoxy) is 3. The Labute approximate surface area is 218 Å². The Balaban J connectivity index is 0.000000469. The van der Waals surface area contributed by atoms with Gasteiger partial charge in [-0.05, 0) is 48.9 Å². The van der Waals surface area contributed by atoms with Crippen LogP contribution in [0.5, 0.6) is 17.2 Å². The minimum absolute atomic E-state index is 0.324. The van der Waals surface area contributed by atoms with Gasteiger partial charge in [0.15, 0.2) is 17.6 Å². The number of hydrogen-bond acceptors (Lipinski definition) is 7. The fraction of sp³-hybridized carbons (Fsp3) is 0.345. The molecule has 1 fully saturated rings. The number of nitrogens with one attached hydrogen (secondary N) is 2. The first kappa shape index (κ1) is 26.5. The highest BCUT2D eigenvalue weighted by molar-refractivity contribution is 5.77. The van der Waals surface area contributed by atoms with E-state index in [0.717, 1.165) is 60.4 Å². The van der Waals surface area contributed by atoms with Gasteiger partial charge in [0.05, 0.1) is 17.9 Å². The van der Waals surface area contributed by atoms with Crippen LogP contribution in [0.15, 0.2) is 72.8 Å². The molecule has 1 saturated heterocycles. The normalized spacial score (nSPS) is 14.8.